The lowest BCUT2D eigenvalue weighted by Gasteiger charge is -2.27. The maximum Gasteiger partial charge on any atom is 0.460 e. The molecule has 1 aromatic carbocycles. The van der Waals surface area contributed by atoms with E-state index >= 15 is 0 Å². The first-order chi connectivity index (χ1) is 11.5. The molecule has 1 heterocycles. The van der Waals surface area contributed by atoms with Crippen LogP contribution in [0.25, 0.3) is 5.69 Å². The molecule has 0 unspecified atom stereocenters. The third kappa shape index (κ3) is 3.83. The largest absolute Gasteiger partial charge is 0.460 e. The van der Waals surface area contributed by atoms with Crippen molar-refractivity contribution >= 4 is 11.8 Å². The minimum absolute atomic E-state index is 0.504. The van der Waals surface area contributed by atoms with Crippen molar-refractivity contribution in [2.24, 2.45) is 0 Å². The van der Waals surface area contributed by atoms with Crippen molar-refractivity contribution in [3.05, 3.63) is 30.6 Å². The first-order valence-corrected chi connectivity index (χ1v) is 7.72. The zero-order chi connectivity index (χ0) is 18.9. The molecule has 0 N–H and O–H groups in total. The van der Waals surface area contributed by atoms with E-state index in [-0.39, 0.29) is 0 Å². The van der Waals surface area contributed by atoms with E-state index in [0.717, 1.165) is 15.9 Å². The summed E-state index contributed by atoms with van der Waals surface area (Å²) in [5.74, 6) is -11.7. The number of halogens is 7. The van der Waals surface area contributed by atoms with Crippen LogP contribution in [-0.4, -0.2) is 45.6 Å². The maximum atomic E-state index is 13.2. The lowest BCUT2D eigenvalue weighted by molar-refractivity contribution is -0.358. The van der Waals surface area contributed by atoms with Gasteiger partial charge in [0.1, 0.15) is 6.33 Å². The van der Waals surface area contributed by atoms with E-state index in [1.165, 1.54) is 11.8 Å². The van der Waals surface area contributed by atoms with Crippen molar-refractivity contribution in [1.29, 1.82) is 0 Å². The second kappa shape index (κ2) is 6.73. The quantitative estimate of drug-likeness (QED) is 0.549. The van der Waals surface area contributed by atoms with Crippen LogP contribution in [-0.2, 0) is 0 Å². The van der Waals surface area contributed by atoms with Crippen LogP contribution >= 0.6 is 11.8 Å². The number of hydrogen-bond acceptors (Lipinski definition) is 4. The Kier molecular flexibility index (Phi) is 5.21. The Labute approximate surface area is 141 Å². The summed E-state index contributed by atoms with van der Waals surface area (Å²) < 4.78 is 93.4. The number of ether oxygens (including phenoxy) is 1. The van der Waals surface area contributed by atoms with Gasteiger partial charge in [0.15, 0.2) is 6.61 Å². The van der Waals surface area contributed by atoms with Crippen LogP contribution in [0.2, 0.25) is 0 Å². The van der Waals surface area contributed by atoms with Gasteiger partial charge in [0.25, 0.3) is 0 Å². The number of para-hydroxylation sites is 1. The molecule has 0 atom stereocenters. The lowest BCUT2D eigenvalue weighted by Crippen LogP contribution is -2.54. The van der Waals surface area contributed by atoms with E-state index in [0.29, 0.717) is 5.69 Å². The predicted molar refractivity (Wildman–Crippen MR) is 74.6 cm³/mol. The average Bonchev–Trinajstić information content (AvgIpc) is 3.00. The molecule has 0 aliphatic rings. The Morgan fingerprint density at radius 3 is 2.32 bits per heavy atom. The molecule has 0 amide bonds. The minimum Gasteiger partial charge on any atom is -0.456 e. The Hall–Kier alpha value is -1.98. The number of benzene rings is 1. The number of thioether (sulfide) groups is 1. The molecular formula is C13H10F7N3OS. The molecule has 0 aliphatic heterocycles. The molecule has 138 valence electrons. The number of nitrogens with zero attached hydrogens (tertiary/aromatic N) is 3. The van der Waals surface area contributed by atoms with Crippen molar-refractivity contribution in [1.82, 2.24) is 14.8 Å². The SMILES string of the molecule is CSc1ccccc1-n1cnc(OCC(F)(F)C(F)(F)C(F)(F)F)n1. The van der Waals surface area contributed by atoms with Gasteiger partial charge in [0, 0.05) is 4.90 Å². The summed E-state index contributed by atoms with van der Waals surface area (Å²) in [6.45, 7) is -2.23. The van der Waals surface area contributed by atoms with Gasteiger partial charge in [0.2, 0.25) is 0 Å². The Bertz CT molecular complexity index is 732. The van der Waals surface area contributed by atoms with Gasteiger partial charge in [-0.05, 0) is 18.4 Å². The van der Waals surface area contributed by atoms with Crippen LogP contribution in [0.3, 0.4) is 0 Å². The Morgan fingerprint density at radius 2 is 1.72 bits per heavy atom. The molecular weight excluding hydrogens is 379 g/mol. The molecule has 1 aromatic heterocycles. The summed E-state index contributed by atoms with van der Waals surface area (Å²) in [4.78, 5) is 4.22. The fourth-order valence-corrected chi connectivity index (χ4v) is 2.29. The molecule has 0 aliphatic carbocycles. The number of hydrogen-bond donors (Lipinski definition) is 0. The Morgan fingerprint density at radius 1 is 1.08 bits per heavy atom. The van der Waals surface area contributed by atoms with Gasteiger partial charge in [-0.2, -0.15) is 35.7 Å². The molecule has 25 heavy (non-hydrogen) atoms. The standard InChI is InChI=1S/C13H10F7N3OS/c1-25-9-5-3-2-4-8(9)23-7-21-10(22-23)24-6-11(14,15)12(16,17)13(18,19)20/h2-5,7H,6H2,1H3. The molecule has 0 fully saturated rings. The molecule has 2 rings (SSSR count). The maximum absolute atomic E-state index is 13.2. The molecule has 0 saturated carbocycles. The van der Waals surface area contributed by atoms with Gasteiger partial charge >= 0.3 is 24.0 Å². The topological polar surface area (TPSA) is 39.9 Å². The predicted octanol–water partition coefficient (Wildman–Crippen LogP) is 4.20. The second-order valence-corrected chi connectivity index (χ2v) is 5.56. The van der Waals surface area contributed by atoms with Gasteiger partial charge in [-0.3, -0.25) is 0 Å². The van der Waals surface area contributed by atoms with E-state index in [4.69, 9.17) is 0 Å². The first kappa shape index (κ1) is 19.3. The number of rotatable bonds is 6. The summed E-state index contributed by atoms with van der Waals surface area (Å²) in [6, 6.07) is 6.00. The van der Waals surface area contributed by atoms with Crippen molar-refractivity contribution < 1.29 is 35.5 Å². The van der Waals surface area contributed by atoms with Gasteiger partial charge in [-0.15, -0.1) is 16.9 Å². The molecule has 0 spiro atoms. The van der Waals surface area contributed by atoms with Gasteiger partial charge in [0.05, 0.1) is 5.69 Å². The van der Waals surface area contributed by atoms with Crippen molar-refractivity contribution in [2.75, 3.05) is 12.9 Å². The third-order valence-electron chi connectivity index (χ3n) is 3.00. The van der Waals surface area contributed by atoms with Crippen LogP contribution in [0, 0.1) is 0 Å². The van der Waals surface area contributed by atoms with Crippen molar-refractivity contribution in [2.45, 2.75) is 22.9 Å². The van der Waals surface area contributed by atoms with Gasteiger partial charge < -0.3 is 4.74 Å². The first-order valence-electron chi connectivity index (χ1n) is 6.50. The smallest absolute Gasteiger partial charge is 0.456 e. The zero-order valence-corrected chi connectivity index (χ0v) is 13.2. The third-order valence-corrected chi connectivity index (χ3v) is 3.79. The second-order valence-electron chi connectivity index (χ2n) is 4.71. The van der Waals surface area contributed by atoms with E-state index in [1.807, 2.05) is 0 Å². The van der Waals surface area contributed by atoms with Crippen LogP contribution in [0.1, 0.15) is 0 Å². The van der Waals surface area contributed by atoms with E-state index < -0.39 is 30.6 Å². The van der Waals surface area contributed by atoms with E-state index in [9.17, 15) is 30.7 Å². The highest BCUT2D eigenvalue weighted by Gasteiger charge is 2.73. The van der Waals surface area contributed by atoms with Crippen LogP contribution < -0.4 is 4.74 Å². The zero-order valence-electron chi connectivity index (χ0n) is 12.4. The summed E-state index contributed by atoms with van der Waals surface area (Å²) in [5, 5.41) is 3.65. The fourth-order valence-electron chi connectivity index (χ4n) is 1.70. The normalized spacial score (nSPS) is 13.1. The molecule has 0 bridgehead atoms. The molecule has 12 heteroatoms. The van der Waals surface area contributed by atoms with Crippen molar-refractivity contribution in [3.8, 4) is 11.7 Å². The van der Waals surface area contributed by atoms with Crippen LogP contribution in [0.4, 0.5) is 30.7 Å². The highest BCUT2D eigenvalue weighted by atomic mass is 32.2. The number of aromatic nitrogens is 3. The molecule has 2 aromatic rings. The van der Waals surface area contributed by atoms with Gasteiger partial charge in [-0.1, -0.05) is 12.1 Å². The van der Waals surface area contributed by atoms with E-state index in [1.54, 1.807) is 30.5 Å². The minimum atomic E-state index is -6.41. The highest BCUT2D eigenvalue weighted by molar-refractivity contribution is 7.98. The molecule has 0 radical (unpaired) electrons. The van der Waals surface area contributed by atoms with Gasteiger partial charge in [-0.25, -0.2) is 4.68 Å². The highest BCUT2D eigenvalue weighted by Crippen LogP contribution is 2.46. The average molecular weight is 389 g/mol. The monoisotopic (exact) mass is 389 g/mol. The van der Waals surface area contributed by atoms with Crippen molar-refractivity contribution in [3.63, 3.8) is 0 Å². The van der Waals surface area contributed by atoms with E-state index in [2.05, 4.69) is 14.8 Å². The molecule has 0 saturated heterocycles. The Balaban J connectivity index is 2.14. The number of alkyl halides is 7. The summed E-state index contributed by atoms with van der Waals surface area (Å²) in [6.07, 6.45) is -3.58. The van der Waals surface area contributed by atoms with Crippen LogP contribution in [0.5, 0.6) is 6.01 Å². The summed E-state index contributed by atoms with van der Waals surface area (Å²) >= 11 is 1.35. The summed E-state index contributed by atoms with van der Waals surface area (Å²) in [5.41, 5.74) is 0.504. The summed E-state index contributed by atoms with van der Waals surface area (Å²) in [7, 11) is 0. The lowest BCUT2D eigenvalue weighted by atomic mass is 10.2. The molecule has 4 nitrogen and oxygen atoms in total. The van der Waals surface area contributed by atoms with Crippen LogP contribution in [0.15, 0.2) is 35.5 Å². The fraction of sp³-hybridized carbons (Fsp3) is 0.385.